The molecule has 0 atom stereocenters. The van der Waals surface area contributed by atoms with E-state index in [4.69, 9.17) is 0 Å². The molecule has 1 aromatic carbocycles. The van der Waals surface area contributed by atoms with Crippen LogP contribution in [0.25, 0.3) is 0 Å². The summed E-state index contributed by atoms with van der Waals surface area (Å²) in [6, 6.07) is 9.75. The molecule has 0 heterocycles. The van der Waals surface area contributed by atoms with E-state index >= 15 is 0 Å². The molecule has 0 aliphatic rings. The van der Waals surface area contributed by atoms with E-state index in [0.29, 0.717) is 0 Å². The van der Waals surface area contributed by atoms with E-state index in [1.165, 1.54) is 43.4 Å². The van der Waals surface area contributed by atoms with Crippen LogP contribution in [0.2, 0.25) is 0 Å². The average molecular weight is 260 g/mol. The van der Waals surface area contributed by atoms with Crippen molar-refractivity contribution in [1.29, 1.82) is 0 Å². The molecule has 1 rings (SSSR count). The summed E-state index contributed by atoms with van der Waals surface area (Å²) in [4.78, 5) is 2.55. The Hall–Kier alpha value is -0.820. The van der Waals surface area contributed by atoms with E-state index < -0.39 is 0 Å². The van der Waals surface area contributed by atoms with E-state index in [1.54, 1.807) is 0 Å². The Morgan fingerprint density at radius 2 is 2.00 bits per heavy atom. The molecule has 0 aliphatic heterocycles. The van der Waals surface area contributed by atoms with Crippen LogP contribution in [0.3, 0.4) is 0 Å². The van der Waals surface area contributed by atoms with Gasteiger partial charge in [-0.25, -0.2) is 0 Å². The Labute approximate surface area is 120 Å². The minimum absolute atomic E-state index is 0.777. The minimum Gasteiger partial charge on any atom is -0.299 e. The number of unbranched alkanes of at least 4 members (excludes halogenated alkanes) is 1. The standard InChI is InChI=1S/C18H30N/c1-5-7-14-19(6-2)15-18-11-9-8-10-17(18)13-12-16(3)4/h8,10-11,16H,5-7,12-15H2,1-4H3. The Morgan fingerprint density at radius 1 is 1.21 bits per heavy atom. The van der Waals surface area contributed by atoms with Crippen LogP contribution in [-0.4, -0.2) is 18.0 Å². The SMILES string of the molecule is CCCCN(CC)Cc1c[c]ccc1CCC(C)C. The van der Waals surface area contributed by atoms with Crippen molar-refractivity contribution in [3.8, 4) is 0 Å². The van der Waals surface area contributed by atoms with Gasteiger partial charge in [-0.05, 0) is 61.5 Å². The summed E-state index contributed by atoms with van der Waals surface area (Å²) < 4.78 is 0. The zero-order valence-electron chi connectivity index (χ0n) is 13.2. The van der Waals surface area contributed by atoms with Crippen LogP contribution in [0.15, 0.2) is 18.2 Å². The van der Waals surface area contributed by atoms with Crippen LogP contribution in [0.4, 0.5) is 0 Å². The highest BCUT2D eigenvalue weighted by atomic mass is 15.1. The van der Waals surface area contributed by atoms with Crippen molar-refractivity contribution < 1.29 is 0 Å². The second kappa shape index (κ2) is 9.14. The second-order valence-corrected chi connectivity index (χ2v) is 5.85. The molecule has 0 saturated carbocycles. The molecule has 1 nitrogen and oxygen atoms in total. The third-order valence-electron chi connectivity index (χ3n) is 3.71. The lowest BCUT2D eigenvalue weighted by Gasteiger charge is -2.22. The lowest BCUT2D eigenvalue weighted by atomic mass is 9.98. The van der Waals surface area contributed by atoms with Gasteiger partial charge in [0, 0.05) is 6.54 Å². The molecule has 0 aliphatic carbocycles. The Kier molecular flexibility index (Phi) is 7.81. The highest BCUT2D eigenvalue weighted by Crippen LogP contribution is 2.16. The first-order chi connectivity index (χ1) is 9.17. The fourth-order valence-electron chi connectivity index (χ4n) is 2.30. The van der Waals surface area contributed by atoms with Gasteiger partial charge in [-0.15, -0.1) is 0 Å². The maximum absolute atomic E-state index is 3.25. The van der Waals surface area contributed by atoms with Gasteiger partial charge in [0.2, 0.25) is 0 Å². The van der Waals surface area contributed by atoms with Gasteiger partial charge in [0.25, 0.3) is 0 Å². The quantitative estimate of drug-likeness (QED) is 0.622. The molecule has 0 amide bonds. The molecule has 1 aromatic rings. The van der Waals surface area contributed by atoms with Crippen LogP contribution in [0.5, 0.6) is 0 Å². The first kappa shape index (κ1) is 16.2. The topological polar surface area (TPSA) is 3.24 Å². The van der Waals surface area contributed by atoms with Crippen LogP contribution < -0.4 is 0 Å². The van der Waals surface area contributed by atoms with E-state index in [2.05, 4.69) is 56.9 Å². The van der Waals surface area contributed by atoms with Crippen LogP contribution in [0, 0.1) is 12.0 Å². The van der Waals surface area contributed by atoms with E-state index in [0.717, 1.165) is 19.0 Å². The number of rotatable bonds is 9. The molecule has 1 heteroatoms. The van der Waals surface area contributed by atoms with Crippen molar-refractivity contribution in [3.05, 3.63) is 35.4 Å². The lowest BCUT2D eigenvalue weighted by molar-refractivity contribution is 0.274. The smallest absolute Gasteiger partial charge is 0.0236 e. The molecule has 0 fully saturated rings. The van der Waals surface area contributed by atoms with Crippen molar-refractivity contribution in [2.45, 2.75) is 59.9 Å². The van der Waals surface area contributed by atoms with Gasteiger partial charge in [0.1, 0.15) is 0 Å². The molecule has 1 radical (unpaired) electrons. The van der Waals surface area contributed by atoms with E-state index in [9.17, 15) is 0 Å². The Morgan fingerprint density at radius 3 is 2.63 bits per heavy atom. The van der Waals surface area contributed by atoms with Crippen molar-refractivity contribution in [3.63, 3.8) is 0 Å². The highest BCUT2D eigenvalue weighted by Gasteiger charge is 2.07. The summed E-state index contributed by atoms with van der Waals surface area (Å²) in [5.41, 5.74) is 2.99. The lowest BCUT2D eigenvalue weighted by Crippen LogP contribution is -2.24. The zero-order valence-corrected chi connectivity index (χ0v) is 13.2. The third-order valence-corrected chi connectivity index (χ3v) is 3.71. The highest BCUT2D eigenvalue weighted by molar-refractivity contribution is 5.26. The second-order valence-electron chi connectivity index (χ2n) is 5.85. The third kappa shape index (κ3) is 6.24. The predicted molar refractivity (Wildman–Crippen MR) is 84.3 cm³/mol. The largest absolute Gasteiger partial charge is 0.299 e. The molecule has 0 unspecified atom stereocenters. The predicted octanol–water partition coefficient (Wildman–Crippen LogP) is 4.70. The molecule has 0 aromatic heterocycles. The van der Waals surface area contributed by atoms with E-state index in [-0.39, 0.29) is 0 Å². The summed E-state index contributed by atoms with van der Waals surface area (Å²) in [7, 11) is 0. The van der Waals surface area contributed by atoms with Gasteiger partial charge in [-0.2, -0.15) is 0 Å². The van der Waals surface area contributed by atoms with Crippen LogP contribution in [-0.2, 0) is 13.0 Å². The summed E-state index contributed by atoms with van der Waals surface area (Å²) >= 11 is 0. The molecule has 0 N–H and O–H groups in total. The first-order valence-electron chi connectivity index (χ1n) is 7.87. The van der Waals surface area contributed by atoms with Crippen molar-refractivity contribution >= 4 is 0 Å². The Bertz CT molecular complexity index is 343. The van der Waals surface area contributed by atoms with Gasteiger partial charge in [-0.1, -0.05) is 46.2 Å². The van der Waals surface area contributed by atoms with Crippen LogP contribution >= 0.6 is 0 Å². The summed E-state index contributed by atoms with van der Waals surface area (Å²) in [5, 5.41) is 0. The normalized spacial score (nSPS) is 11.5. The van der Waals surface area contributed by atoms with E-state index in [1.807, 2.05) is 0 Å². The van der Waals surface area contributed by atoms with Gasteiger partial charge in [-0.3, -0.25) is 4.90 Å². The van der Waals surface area contributed by atoms with Crippen molar-refractivity contribution in [1.82, 2.24) is 4.90 Å². The van der Waals surface area contributed by atoms with Crippen molar-refractivity contribution in [2.24, 2.45) is 5.92 Å². The molecule has 107 valence electrons. The number of hydrogen-bond acceptors (Lipinski definition) is 1. The number of hydrogen-bond donors (Lipinski definition) is 0. The molecule has 0 bridgehead atoms. The van der Waals surface area contributed by atoms with Gasteiger partial charge in [0.05, 0.1) is 0 Å². The van der Waals surface area contributed by atoms with Crippen LogP contribution in [0.1, 0.15) is 58.1 Å². The maximum atomic E-state index is 3.25. The fourth-order valence-corrected chi connectivity index (χ4v) is 2.30. The van der Waals surface area contributed by atoms with Gasteiger partial charge < -0.3 is 0 Å². The number of benzene rings is 1. The molecular formula is C18H30N. The first-order valence-corrected chi connectivity index (χ1v) is 7.87. The monoisotopic (exact) mass is 260 g/mol. The molecule has 0 saturated heterocycles. The summed E-state index contributed by atoms with van der Waals surface area (Å²) in [5.74, 6) is 0.777. The minimum atomic E-state index is 0.777. The zero-order chi connectivity index (χ0) is 14.1. The fraction of sp³-hybridized carbons (Fsp3) is 0.667. The Balaban J connectivity index is 2.64. The molecule has 19 heavy (non-hydrogen) atoms. The molecular weight excluding hydrogens is 230 g/mol. The van der Waals surface area contributed by atoms with Crippen molar-refractivity contribution in [2.75, 3.05) is 13.1 Å². The maximum Gasteiger partial charge on any atom is 0.0236 e. The molecule has 0 spiro atoms. The average Bonchev–Trinajstić information content (AvgIpc) is 2.42. The van der Waals surface area contributed by atoms with Gasteiger partial charge in [0.15, 0.2) is 0 Å². The summed E-state index contributed by atoms with van der Waals surface area (Å²) in [6.07, 6.45) is 5.05. The summed E-state index contributed by atoms with van der Waals surface area (Å²) in [6.45, 7) is 12.6. The van der Waals surface area contributed by atoms with Gasteiger partial charge >= 0.3 is 0 Å². The number of aryl methyl sites for hydroxylation is 1. The number of nitrogens with zero attached hydrogens (tertiary/aromatic N) is 1.